The van der Waals surface area contributed by atoms with Crippen LogP contribution in [0.3, 0.4) is 0 Å². The van der Waals surface area contributed by atoms with Crippen LogP contribution in [0.1, 0.15) is 31.0 Å². The molecule has 0 bridgehead atoms. The minimum Gasteiger partial charge on any atom is -0.489 e. The Bertz CT molecular complexity index is 957. The number of halogens is 2. The molecule has 1 unspecified atom stereocenters. The first-order valence-electron chi connectivity index (χ1n) is 8.70. The molecular formula is C21H20Cl2N2O2S. The van der Waals surface area contributed by atoms with Crippen molar-refractivity contribution in [2.24, 2.45) is 0 Å². The first-order valence-corrected chi connectivity index (χ1v) is 9.87. The summed E-state index contributed by atoms with van der Waals surface area (Å²) in [6, 6.07) is 12.8. The van der Waals surface area contributed by atoms with Crippen molar-refractivity contribution < 1.29 is 9.53 Å². The molecule has 3 rings (SSSR count). The molecule has 0 amide bonds. The molecule has 0 aromatic heterocycles. The molecule has 2 aromatic carbocycles. The summed E-state index contributed by atoms with van der Waals surface area (Å²) < 4.78 is 5.83. The summed E-state index contributed by atoms with van der Waals surface area (Å²) >= 11 is 17.4. The molecule has 146 valence electrons. The fourth-order valence-corrected chi connectivity index (χ4v) is 3.67. The van der Waals surface area contributed by atoms with Gasteiger partial charge in [0.1, 0.15) is 12.4 Å². The summed E-state index contributed by atoms with van der Waals surface area (Å²) in [6.07, 6.45) is 0. The highest BCUT2D eigenvalue weighted by molar-refractivity contribution is 7.80. The number of ketones is 1. The number of carbonyl (C=O) groups is 1. The molecule has 1 atom stereocenters. The van der Waals surface area contributed by atoms with Gasteiger partial charge in [-0.25, -0.2) is 0 Å². The number of thiocarbonyl (C=S) groups is 1. The van der Waals surface area contributed by atoms with Crippen molar-refractivity contribution in [2.45, 2.75) is 26.5 Å². The Balaban J connectivity index is 1.77. The lowest BCUT2D eigenvalue weighted by atomic mass is 9.92. The van der Waals surface area contributed by atoms with E-state index in [4.69, 9.17) is 40.2 Å². The first-order chi connectivity index (χ1) is 13.3. The zero-order valence-corrected chi connectivity index (χ0v) is 18.1. The summed E-state index contributed by atoms with van der Waals surface area (Å²) in [7, 11) is 1.85. The average molecular weight is 435 g/mol. The van der Waals surface area contributed by atoms with E-state index in [9.17, 15) is 4.79 Å². The van der Waals surface area contributed by atoms with Crippen LogP contribution >= 0.6 is 35.4 Å². The van der Waals surface area contributed by atoms with Gasteiger partial charge in [-0.15, -0.1) is 0 Å². The van der Waals surface area contributed by atoms with Crippen molar-refractivity contribution >= 4 is 46.3 Å². The standard InChI is InChI=1S/C21H20Cl2N2O2S/c1-12-19(13(2)26)20(24-21(28)25(12)3)15-5-7-16(8-6-15)27-11-14-4-9-17(22)18(23)10-14/h4-10,20H,11H2,1-3H3,(H,24,28). The van der Waals surface area contributed by atoms with E-state index < -0.39 is 0 Å². The molecule has 0 fully saturated rings. The number of carbonyl (C=O) groups excluding carboxylic acids is 1. The van der Waals surface area contributed by atoms with E-state index in [2.05, 4.69) is 5.32 Å². The Morgan fingerprint density at radius 3 is 2.46 bits per heavy atom. The minimum atomic E-state index is -0.273. The molecule has 1 aliphatic heterocycles. The molecule has 1 N–H and O–H groups in total. The van der Waals surface area contributed by atoms with E-state index in [1.165, 1.54) is 0 Å². The lowest BCUT2D eigenvalue weighted by Gasteiger charge is -2.35. The van der Waals surface area contributed by atoms with Gasteiger partial charge in [-0.3, -0.25) is 4.79 Å². The van der Waals surface area contributed by atoms with Crippen LogP contribution in [0.2, 0.25) is 10.0 Å². The van der Waals surface area contributed by atoms with Gasteiger partial charge >= 0.3 is 0 Å². The van der Waals surface area contributed by atoms with Crippen LogP contribution in [-0.2, 0) is 11.4 Å². The molecule has 7 heteroatoms. The summed E-state index contributed by atoms with van der Waals surface area (Å²) in [6.45, 7) is 3.86. The van der Waals surface area contributed by atoms with Crippen molar-refractivity contribution in [3.63, 3.8) is 0 Å². The van der Waals surface area contributed by atoms with E-state index in [0.717, 1.165) is 22.6 Å². The average Bonchev–Trinajstić information content (AvgIpc) is 2.67. The van der Waals surface area contributed by atoms with Crippen LogP contribution in [0, 0.1) is 0 Å². The summed E-state index contributed by atoms with van der Waals surface area (Å²) in [5, 5.41) is 4.85. The maximum Gasteiger partial charge on any atom is 0.173 e. The van der Waals surface area contributed by atoms with Gasteiger partial charge in [0.2, 0.25) is 0 Å². The summed E-state index contributed by atoms with van der Waals surface area (Å²) in [4.78, 5) is 14.0. The van der Waals surface area contributed by atoms with Crippen LogP contribution in [-0.4, -0.2) is 22.8 Å². The van der Waals surface area contributed by atoms with Gasteiger partial charge in [0, 0.05) is 18.3 Å². The zero-order valence-electron chi connectivity index (χ0n) is 15.8. The molecule has 1 heterocycles. The number of nitrogens with zero attached hydrogens (tertiary/aromatic N) is 1. The Hall–Kier alpha value is -2.08. The molecule has 1 aliphatic rings. The van der Waals surface area contributed by atoms with Gasteiger partial charge < -0.3 is 15.0 Å². The van der Waals surface area contributed by atoms with Crippen molar-refractivity contribution in [2.75, 3.05) is 7.05 Å². The SMILES string of the molecule is CC(=O)C1=C(C)N(C)C(=S)NC1c1ccc(OCc2ccc(Cl)c(Cl)c2)cc1. The number of allylic oxidation sites excluding steroid dienone is 1. The molecular weight excluding hydrogens is 415 g/mol. The third-order valence-electron chi connectivity index (χ3n) is 4.74. The fraction of sp³-hybridized carbons (Fsp3) is 0.238. The number of Topliss-reactive ketones (excluding diaryl/α,β-unsaturated/α-hetero) is 1. The number of hydrogen-bond acceptors (Lipinski definition) is 3. The maximum atomic E-state index is 12.2. The van der Waals surface area contributed by atoms with Crippen LogP contribution in [0.4, 0.5) is 0 Å². The predicted molar refractivity (Wildman–Crippen MR) is 117 cm³/mol. The number of nitrogens with one attached hydrogen (secondary N) is 1. The van der Waals surface area contributed by atoms with Gasteiger partial charge in [0.05, 0.1) is 16.1 Å². The molecule has 0 radical (unpaired) electrons. The summed E-state index contributed by atoms with van der Waals surface area (Å²) in [5.74, 6) is 0.736. The van der Waals surface area contributed by atoms with Crippen molar-refractivity contribution in [3.05, 3.63) is 74.9 Å². The highest BCUT2D eigenvalue weighted by Gasteiger charge is 2.30. The smallest absolute Gasteiger partial charge is 0.173 e. The largest absolute Gasteiger partial charge is 0.489 e. The Morgan fingerprint density at radius 2 is 1.86 bits per heavy atom. The van der Waals surface area contributed by atoms with E-state index >= 15 is 0 Å². The van der Waals surface area contributed by atoms with Gasteiger partial charge in [0.25, 0.3) is 0 Å². The minimum absolute atomic E-state index is 0.0179. The molecule has 0 spiro atoms. The van der Waals surface area contributed by atoms with Crippen molar-refractivity contribution in [3.8, 4) is 5.75 Å². The Kier molecular flexibility index (Phi) is 6.28. The molecule has 0 saturated carbocycles. The number of benzene rings is 2. The van der Waals surface area contributed by atoms with E-state index in [-0.39, 0.29) is 11.8 Å². The molecule has 28 heavy (non-hydrogen) atoms. The zero-order chi connectivity index (χ0) is 20.4. The third-order valence-corrected chi connectivity index (χ3v) is 5.87. The van der Waals surface area contributed by atoms with Crippen molar-refractivity contribution in [1.29, 1.82) is 0 Å². The van der Waals surface area contributed by atoms with Crippen LogP contribution in [0.25, 0.3) is 0 Å². The van der Waals surface area contributed by atoms with Gasteiger partial charge in [0.15, 0.2) is 10.9 Å². The second kappa shape index (κ2) is 8.52. The highest BCUT2D eigenvalue weighted by Crippen LogP contribution is 2.31. The van der Waals surface area contributed by atoms with Crippen molar-refractivity contribution in [1.82, 2.24) is 10.2 Å². The number of hydrogen-bond donors (Lipinski definition) is 1. The fourth-order valence-electron chi connectivity index (χ4n) is 3.09. The second-order valence-corrected chi connectivity index (χ2v) is 7.80. The van der Waals surface area contributed by atoms with E-state index in [1.54, 1.807) is 19.1 Å². The lowest BCUT2D eigenvalue weighted by Crippen LogP contribution is -2.45. The predicted octanol–water partition coefficient (Wildman–Crippen LogP) is 5.30. The monoisotopic (exact) mass is 434 g/mol. The number of ether oxygens (including phenoxy) is 1. The molecule has 2 aromatic rings. The van der Waals surface area contributed by atoms with Gasteiger partial charge in [-0.05, 0) is 61.5 Å². The molecule has 0 aliphatic carbocycles. The molecule has 4 nitrogen and oxygen atoms in total. The van der Waals surface area contributed by atoms with E-state index in [0.29, 0.717) is 27.3 Å². The van der Waals surface area contributed by atoms with Gasteiger partial charge in [-0.1, -0.05) is 41.4 Å². The Labute approximate surface area is 180 Å². The third kappa shape index (κ3) is 4.32. The first kappa shape index (κ1) is 20.6. The maximum absolute atomic E-state index is 12.2. The molecule has 0 saturated heterocycles. The lowest BCUT2D eigenvalue weighted by molar-refractivity contribution is -0.114. The van der Waals surface area contributed by atoms with E-state index in [1.807, 2.05) is 49.2 Å². The second-order valence-electron chi connectivity index (χ2n) is 6.60. The topological polar surface area (TPSA) is 41.6 Å². The quantitative estimate of drug-likeness (QED) is 0.646. The van der Waals surface area contributed by atoms with Gasteiger partial charge in [-0.2, -0.15) is 0 Å². The summed E-state index contributed by atoms with van der Waals surface area (Å²) in [5.41, 5.74) is 3.45. The number of rotatable bonds is 5. The van der Waals surface area contributed by atoms with Crippen LogP contribution < -0.4 is 10.1 Å². The highest BCUT2D eigenvalue weighted by atomic mass is 35.5. The van der Waals surface area contributed by atoms with Crippen LogP contribution in [0.15, 0.2) is 53.7 Å². The Morgan fingerprint density at radius 1 is 1.18 bits per heavy atom. The van der Waals surface area contributed by atoms with Crippen LogP contribution in [0.5, 0.6) is 5.75 Å². The normalized spacial score (nSPS) is 16.8.